The van der Waals surface area contributed by atoms with Crippen LogP contribution >= 0.6 is 0 Å². The van der Waals surface area contributed by atoms with Crippen LogP contribution in [0.4, 0.5) is 0 Å². The predicted molar refractivity (Wildman–Crippen MR) is 209 cm³/mol. The van der Waals surface area contributed by atoms with E-state index in [0.29, 0.717) is 5.82 Å². The van der Waals surface area contributed by atoms with Gasteiger partial charge in [0.1, 0.15) is 17.0 Å². The zero-order valence-electron chi connectivity index (χ0n) is 27.4. The number of furan rings is 1. The Hall–Kier alpha value is -6.98. The third-order valence-corrected chi connectivity index (χ3v) is 10.1. The van der Waals surface area contributed by atoms with E-state index < -0.39 is 0 Å². The Morgan fingerprint density at radius 3 is 1.69 bits per heavy atom. The van der Waals surface area contributed by atoms with Gasteiger partial charge in [-0.15, -0.1) is 0 Å². The molecule has 5 nitrogen and oxygen atoms in total. The molecule has 51 heavy (non-hydrogen) atoms. The maximum absolute atomic E-state index is 6.94. The maximum Gasteiger partial charge on any atom is 0.162 e. The number of para-hydroxylation sites is 4. The fourth-order valence-corrected chi connectivity index (χ4v) is 7.98. The first-order valence-electron chi connectivity index (χ1n) is 17.2. The Kier molecular flexibility index (Phi) is 5.89. The molecule has 0 aliphatic rings. The lowest BCUT2D eigenvalue weighted by atomic mass is 10.0. The average molecular weight is 653 g/mol. The van der Waals surface area contributed by atoms with Gasteiger partial charge in [0.05, 0.1) is 38.5 Å². The summed E-state index contributed by atoms with van der Waals surface area (Å²) < 4.78 is 11.7. The average Bonchev–Trinajstić information content (AvgIpc) is 3.87. The number of hydrogen-bond acceptors (Lipinski definition) is 3. The minimum absolute atomic E-state index is 0.672. The van der Waals surface area contributed by atoms with Crippen LogP contribution in [0.2, 0.25) is 0 Å². The molecule has 0 fully saturated rings. The lowest BCUT2D eigenvalue weighted by molar-refractivity contribution is 0.673. The van der Waals surface area contributed by atoms with E-state index in [1.54, 1.807) is 0 Å². The third kappa shape index (κ3) is 4.03. The van der Waals surface area contributed by atoms with Crippen LogP contribution in [-0.4, -0.2) is 19.1 Å². The van der Waals surface area contributed by atoms with Gasteiger partial charge >= 0.3 is 0 Å². The molecule has 0 bridgehead atoms. The van der Waals surface area contributed by atoms with E-state index >= 15 is 0 Å². The molecule has 0 spiro atoms. The fraction of sp³-hybridized carbons (Fsp3) is 0. The van der Waals surface area contributed by atoms with Crippen LogP contribution in [0, 0.1) is 0 Å². The first-order valence-corrected chi connectivity index (χ1v) is 17.2. The van der Waals surface area contributed by atoms with E-state index in [4.69, 9.17) is 14.4 Å². The second kappa shape index (κ2) is 10.8. The highest BCUT2D eigenvalue weighted by Gasteiger charge is 2.28. The molecule has 11 aromatic rings. The molecule has 0 unspecified atom stereocenters. The molecule has 0 amide bonds. The number of nitrogens with zero attached hydrogens (tertiary/aromatic N) is 4. The summed E-state index contributed by atoms with van der Waals surface area (Å²) in [6.45, 7) is 0. The van der Waals surface area contributed by atoms with Crippen molar-refractivity contribution in [3.05, 3.63) is 170 Å². The number of rotatable bonds is 4. The molecule has 0 aliphatic carbocycles. The minimum atomic E-state index is 0.672. The second-order valence-corrected chi connectivity index (χ2v) is 13.0. The Balaban J connectivity index is 1.41. The summed E-state index contributed by atoms with van der Waals surface area (Å²) in [6.07, 6.45) is 0. The van der Waals surface area contributed by atoms with Crippen LogP contribution < -0.4 is 0 Å². The molecule has 4 aromatic heterocycles. The second-order valence-electron chi connectivity index (χ2n) is 13.0. The normalized spacial score (nSPS) is 11.9. The van der Waals surface area contributed by atoms with E-state index in [0.717, 1.165) is 88.5 Å². The van der Waals surface area contributed by atoms with Crippen LogP contribution in [0.1, 0.15) is 0 Å². The van der Waals surface area contributed by atoms with E-state index in [2.05, 4.69) is 149 Å². The molecule has 0 saturated heterocycles. The van der Waals surface area contributed by atoms with Gasteiger partial charge in [-0.05, 0) is 30.3 Å². The third-order valence-electron chi connectivity index (χ3n) is 10.1. The van der Waals surface area contributed by atoms with Gasteiger partial charge in [0.15, 0.2) is 5.82 Å². The van der Waals surface area contributed by atoms with E-state index in [-0.39, 0.29) is 0 Å². The number of hydrogen-bond donors (Lipinski definition) is 0. The molecule has 0 aliphatic heterocycles. The Labute approximate surface area is 292 Å². The van der Waals surface area contributed by atoms with Crippen molar-refractivity contribution < 1.29 is 4.42 Å². The van der Waals surface area contributed by atoms with Crippen LogP contribution in [0.5, 0.6) is 0 Å². The van der Waals surface area contributed by atoms with Crippen LogP contribution in [-0.2, 0) is 0 Å². The molecular weight excluding hydrogens is 625 g/mol. The summed E-state index contributed by atoms with van der Waals surface area (Å²) in [5, 5.41) is 6.70. The number of fused-ring (bicyclic) bond motifs is 12. The Morgan fingerprint density at radius 2 is 0.961 bits per heavy atom. The first kappa shape index (κ1) is 27.9. The molecule has 0 saturated carbocycles. The van der Waals surface area contributed by atoms with Crippen LogP contribution in [0.3, 0.4) is 0 Å². The quantitative estimate of drug-likeness (QED) is 0.190. The van der Waals surface area contributed by atoms with Crippen molar-refractivity contribution in [2.24, 2.45) is 0 Å². The van der Waals surface area contributed by atoms with E-state index in [9.17, 15) is 0 Å². The Morgan fingerprint density at radius 1 is 0.431 bits per heavy atom. The summed E-state index contributed by atoms with van der Waals surface area (Å²) in [5.74, 6) is 1.47. The zero-order valence-corrected chi connectivity index (χ0v) is 27.4. The lowest BCUT2D eigenvalue weighted by Crippen LogP contribution is -2.03. The van der Waals surface area contributed by atoms with Gasteiger partial charge in [0.25, 0.3) is 0 Å². The monoisotopic (exact) mass is 652 g/mol. The SMILES string of the molecule is c1ccc(-c2cc(-n3c4ccccc4c4c5oc6ccccc6c5c5c(c6ccccc6n5-c5ccccc5)c43)nc(-c3ccccc3)n2)cc1. The lowest BCUT2D eigenvalue weighted by Gasteiger charge is -2.13. The van der Waals surface area contributed by atoms with Crippen molar-refractivity contribution in [1.29, 1.82) is 0 Å². The van der Waals surface area contributed by atoms with Gasteiger partial charge in [-0.2, -0.15) is 0 Å². The van der Waals surface area contributed by atoms with Gasteiger partial charge in [0, 0.05) is 44.4 Å². The molecule has 238 valence electrons. The van der Waals surface area contributed by atoms with Gasteiger partial charge in [-0.3, -0.25) is 4.57 Å². The van der Waals surface area contributed by atoms with Gasteiger partial charge in [-0.25, -0.2) is 9.97 Å². The van der Waals surface area contributed by atoms with E-state index in [1.807, 2.05) is 30.3 Å². The summed E-state index contributed by atoms with van der Waals surface area (Å²) in [7, 11) is 0. The number of benzene rings is 7. The summed E-state index contributed by atoms with van der Waals surface area (Å²) in [5.41, 5.74) is 10.0. The molecule has 4 heterocycles. The molecule has 7 aromatic carbocycles. The molecule has 0 atom stereocenters. The van der Waals surface area contributed by atoms with Crippen molar-refractivity contribution >= 4 is 65.6 Å². The predicted octanol–water partition coefficient (Wildman–Crippen LogP) is 11.9. The minimum Gasteiger partial charge on any atom is -0.455 e. The zero-order chi connectivity index (χ0) is 33.5. The van der Waals surface area contributed by atoms with Crippen molar-refractivity contribution in [2.75, 3.05) is 0 Å². The highest BCUT2D eigenvalue weighted by molar-refractivity contribution is 6.39. The van der Waals surface area contributed by atoms with Crippen molar-refractivity contribution in [2.45, 2.75) is 0 Å². The smallest absolute Gasteiger partial charge is 0.162 e. The van der Waals surface area contributed by atoms with Crippen LogP contribution in [0.25, 0.3) is 99.7 Å². The van der Waals surface area contributed by atoms with E-state index in [1.165, 1.54) is 5.39 Å². The van der Waals surface area contributed by atoms with Gasteiger partial charge in [0.2, 0.25) is 0 Å². The Bertz CT molecular complexity index is 3060. The molecule has 0 radical (unpaired) electrons. The van der Waals surface area contributed by atoms with Gasteiger partial charge < -0.3 is 8.98 Å². The molecule has 11 rings (SSSR count). The standard InChI is InChI=1S/C46H28N4O/c1-4-16-29(17-5-1)35-28-39(48-46(47-35)30-18-6-2-7-19-30)50-37-26-14-11-23-33(37)41-44(50)40-32-22-10-13-25-36(32)49(31-20-8-3-9-21-31)43(40)42-34-24-12-15-27-38(34)51-45(41)42/h1-28H. The maximum atomic E-state index is 6.94. The largest absolute Gasteiger partial charge is 0.455 e. The topological polar surface area (TPSA) is 48.8 Å². The molecule has 5 heteroatoms. The van der Waals surface area contributed by atoms with Crippen molar-refractivity contribution in [1.82, 2.24) is 19.1 Å². The molecular formula is C46H28N4O. The van der Waals surface area contributed by atoms with Crippen molar-refractivity contribution in [3.63, 3.8) is 0 Å². The number of aromatic nitrogens is 4. The summed E-state index contributed by atoms with van der Waals surface area (Å²) in [6, 6.07) is 59.1. The highest BCUT2D eigenvalue weighted by atomic mass is 16.3. The fourth-order valence-electron chi connectivity index (χ4n) is 7.98. The summed E-state index contributed by atoms with van der Waals surface area (Å²) in [4.78, 5) is 10.5. The summed E-state index contributed by atoms with van der Waals surface area (Å²) >= 11 is 0. The van der Waals surface area contributed by atoms with Crippen LogP contribution in [0.15, 0.2) is 174 Å². The molecule has 0 N–H and O–H groups in total. The highest BCUT2D eigenvalue weighted by Crippen LogP contribution is 2.49. The first-order chi connectivity index (χ1) is 25.3. The van der Waals surface area contributed by atoms with Crippen molar-refractivity contribution in [3.8, 4) is 34.2 Å². The van der Waals surface area contributed by atoms with Gasteiger partial charge in [-0.1, -0.05) is 133 Å².